The number of aromatic nitrogens is 1. The lowest BCUT2D eigenvalue weighted by atomic mass is 9.95. The van der Waals surface area contributed by atoms with Crippen LogP contribution in [0.15, 0.2) is 42.6 Å². The number of aryl methyl sites for hydroxylation is 1. The smallest absolute Gasteiger partial charge is 0.254 e. The fourth-order valence-electron chi connectivity index (χ4n) is 3.63. The Morgan fingerprint density at radius 2 is 1.88 bits per heavy atom. The van der Waals surface area contributed by atoms with E-state index in [1.54, 1.807) is 18.2 Å². The number of hydrogen-bond acceptors (Lipinski definition) is 4. The van der Waals surface area contributed by atoms with Crippen molar-refractivity contribution in [3.05, 3.63) is 81.6 Å². The Labute approximate surface area is 195 Å². The number of nitrogens with one attached hydrogen (secondary N) is 1. The van der Waals surface area contributed by atoms with Crippen molar-refractivity contribution in [2.24, 2.45) is 7.05 Å². The molecule has 1 heterocycles. The zero-order valence-corrected chi connectivity index (χ0v) is 19.6. The maximum absolute atomic E-state index is 14.8. The second kappa shape index (κ2) is 9.33. The highest BCUT2D eigenvalue weighted by molar-refractivity contribution is 7.90. The Bertz CT molecular complexity index is 1390. The van der Waals surface area contributed by atoms with E-state index in [-0.39, 0.29) is 27.9 Å². The van der Waals surface area contributed by atoms with Crippen LogP contribution < -0.4 is 5.32 Å². The fourth-order valence-corrected chi connectivity index (χ4v) is 4.71. The van der Waals surface area contributed by atoms with E-state index in [4.69, 9.17) is 11.6 Å². The molecule has 0 aliphatic rings. The SMILES string of the molecule is Cc1c(F)ccc(F)c1-c1c(C(=O)N[C@@H](CS(C)(=O)=O)c2cccc(Cl)c2)cn(C)c1C#N. The van der Waals surface area contributed by atoms with E-state index in [9.17, 15) is 27.3 Å². The van der Waals surface area contributed by atoms with E-state index in [1.165, 1.54) is 30.8 Å². The number of halogens is 3. The first kappa shape index (κ1) is 24.4. The van der Waals surface area contributed by atoms with Crippen LogP contribution >= 0.6 is 11.6 Å². The largest absolute Gasteiger partial charge is 0.344 e. The molecule has 0 bridgehead atoms. The molecule has 0 saturated heterocycles. The van der Waals surface area contributed by atoms with Crippen LogP contribution in [-0.2, 0) is 16.9 Å². The summed E-state index contributed by atoms with van der Waals surface area (Å²) in [4.78, 5) is 13.3. The minimum absolute atomic E-state index is 0.0461. The van der Waals surface area contributed by atoms with Crippen molar-refractivity contribution in [1.29, 1.82) is 5.26 Å². The molecule has 0 saturated carbocycles. The average molecular weight is 492 g/mol. The molecule has 3 aromatic rings. The van der Waals surface area contributed by atoms with Gasteiger partial charge in [0, 0.05) is 35.6 Å². The molecule has 6 nitrogen and oxygen atoms in total. The maximum Gasteiger partial charge on any atom is 0.254 e. The summed E-state index contributed by atoms with van der Waals surface area (Å²) < 4.78 is 54.4. The fraction of sp³-hybridized carbons (Fsp3) is 0.217. The van der Waals surface area contributed by atoms with Crippen molar-refractivity contribution in [1.82, 2.24) is 9.88 Å². The Balaban J connectivity index is 2.14. The first-order chi connectivity index (χ1) is 15.4. The number of benzene rings is 2. The zero-order valence-electron chi connectivity index (χ0n) is 18.0. The molecule has 33 heavy (non-hydrogen) atoms. The highest BCUT2D eigenvalue weighted by Gasteiger charge is 2.28. The topological polar surface area (TPSA) is 92.0 Å². The van der Waals surface area contributed by atoms with Crippen LogP contribution in [0.5, 0.6) is 0 Å². The van der Waals surface area contributed by atoms with Crippen molar-refractivity contribution < 1.29 is 22.0 Å². The van der Waals surface area contributed by atoms with Crippen LogP contribution in [0.25, 0.3) is 11.1 Å². The van der Waals surface area contributed by atoms with Crippen molar-refractivity contribution in [2.45, 2.75) is 13.0 Å². The Morgan fingerprint density at radius 1 is 1.21 bits per heavy atom. The molecule has 0 unspecified atom stereocenters. The van der Waals surface area contributed by atoms with Crippen LogP contribution in [0.2, 0.25) is 5.02 Å². The Morgan fingerprint density at radius 3 is 2.48 bits per heavy atom. The number of rotatable bonds is 6. The molecular weight excluding hydrogens is 472 g/mol. The maximum atomic E-state index is 14.8. The van der Waals surface area contributed by atoms with E-state index < -0.39 is 39.2 Å². The second-order valence-electron chi connectivity index (χ2n) is 7.69. The van der Waals surface area contributed by atoms with Gasteiger partial charge in [0.15, 0.2) is 0 Å². The lowest BCUT2D eigenvalue weighted by Crippen LogP contribution is -2.33. The van der Waals surface area contributed by atoms with Crippen LogP contribution in [0.4, 0.5) is 8.78 Å². The third-order valence-corrected chi connectivity index (χ3v) is 6.33. The predicted molar refractivity (Wildman–Crippen MR) is 122 cm³/mol. The summed E-state index contributed by atoms with van der Waals surface area (Å²) in [5.74, 6) is -2.66. The summed E-state index contributed by atoms with van der Waals surface area (Å²) in [7, 11) is -2.03. The minimum Gasteiger partial charge on any atom is -0.344 e. The van der Waals surface area contributed by atoms with Crippen molar-refractivity contribution in [2.75, 3.05) is 12.0 Å². The van der Waals surface area contributed by atoms with E-state index in [2.05, 4.69) is 5.32 Å². The number of hydrogen-bond donors (Lipinski definition) is 1. The van der Waals surface area contributed by atoms with Gasteiger partial charge in [0.05, 0.1) is 17.4 Å². The van der Waals surface area contributed by atoms with Gasteiger partial charge < -0.3 is 9.88 Å². The van der Waals surface area contributed by atoms with Crippen LogP contribution in [0.3, 0.4) is 0 Å². The van der Waals surface area contributed by atoms with Gasteiger partial charge in [-0.2, -0.15) is 5.26 Å². The summed E-state index contributed by atoms with van der Waals surface area (Å²) in [5, 5.41) is 12.6. The normalized spacial score (nSPS) is 12.3. The monoisotopic (exact) mass is 491 g/mol. The van der Waals surface area contributed by atoms with Crippen LogP contribution in [-0.4, -0.2) is 30.9 Å². The van der Waals surface area contributed by atoms with Gasteiger partial charge >= 0.3 is 0 Å². The first-order valence-electron chi connectivity index (χ1n) is 9.71. The Kier molecular flexibility index (Phi) is 6.91. The molecule has 1 N–H and O–H groups in total. The van der Waals surface area contributed by atoms with Gasteiger partial charge in [0.2, 0.25) is 0 Å². The molecule has 0 radical (unpaired) electrons. The van der Waals surface area contributed by atoms with Crippen LogP contribution in [0, 0.1) is 29.9 Å². The summed E-state index contributed by atoms with van der Waals surface area (Å²) >= 11 is 6.03. The molecule has 2 aromatic carbocycles. The minimum atomic E-state index is -3.53. The zero-order chi connectivity index (χ0) is 24.5. The average Bonchev–Trinajstić information content (AvgIpc) is 3.05. The molecule has 0 aliphatic carbocycles. The van der Waals surface area contributed by atoms with Gasteiger partial charge in [-0.25, -0.2) is 17.2 Å². The summed E-state index contributed by atoms with van der Waals surface area (Å²) in [5.41, 5.74) is -0.0325. The Hall–Kier alpha value is -3.22. The summed E-state index contributed by atoms with van der Waals surface area (Å²) in [6.07, 6.45) is 2.35. The van der Waals surface area contributed by atoms with Gasteiger partial charge in [0.25, 0.3) is 5.91 Å². The number of nitrogens with zero attached hydrogens (tertiary/aromatic N) is 2. The summed E-state index contributed by atoms with van der Waals surface area (Å²) in [6, 6.07) is 9.21. The third-order valence-electron chi connectivity index (χ3n) is 5.16. The predicted octanol–water partition coefficient (Wildman–Crippen LogP) is 4.32. The van der Waals surface area contributed by atoms with Gasteiger partial charge in [0.1, 0.15) is 33.2 Å². The molecule has 1 atom stereocenters. The van der Waals surface area contributed by atoms with Crippen molar-refractivity contribution in [3.63, 3.8) is 0 Å². The molecule has 0 spiro atoms. The van der Waals surface area contributed by atoms with Crippen molar-refractivity contribution >= 4 is 27.3 Å². The number of nitriles is 1. The number of carbonyl (C=O) groups is 1. The standard InChI is InChI=1S/C23H20ClF2N3O3S/c1-13-17(25)7-8-18(26)21(13)22-16(11-29(2)20(22)10-27)23(30)28-19(12-33(3,31)32)14-5-4-6-15(24)9-14/h4-9,11,19H,12H2,1-3H3,(H,28,30)/t19-/m0/s1. The van der Waals surface area contributed by atoms with Gasteiger partial charge in [-0.3, -0.25) is 4.79 Å². The molecule has 3 rings (SSSR count). The number of carbonyl (C=O) groups excluding carboxylic acids is 1. The molecule has 172 valence electrons. The quantitative estimate of drug-likeness (QED) is 0.556. The highest BCUT2D eigenvalue weighted by Crippen LogP contribution is 2.35. The lowest BCUT2D eigenvalue weighted by molar-refractivity contribution is 0.0941. The lowest BCUT2D eigenvalue weighted by Gasteiger charge is -2.19. The molecule has 1 aromatic heterocycles. The first-order valence-corrected chi connectivity index (χ1v) is 12.1. The van der Waals surface area contributed by atoms with Crippen LogP contribution in [0.1, 0.15) is 33.2 Å². The molecule has 0 aliphatic heterocycles. The van der Waals surface area contributed by atoms with E-state index >= 15 is 0 Å². The molecule has 0 fully saturated rings. The van der Waals surface area contributed by atoms with E-state index in [1.807, 2.05) is 6.07 Å². The van der Waals surface area contributed by atoms with Gasteiger partial charge in [-0.15, -0.1) is 0 Å². The molecule has 1 amide bonds. The van der Waals surface area contributed by atoms with E-state index in [0.717, 1.165) is 18.4 Å². The molecular formula is C23H20ClF2N3O3S. The number of amides is 1. The third kappa shape index (κ3) is 5.24. The molecule has 10 heteroatoms. The highest BCUT2D eigenvalue weighted by atomic mass is 35.5. The van der Waals surface area contributed by atoms with E-state index in [0.29, 0.717) is 10.6 Å². The summed E-state index contributed by atoms with van der Waals surface area (Å²) in [6.45, 7) is 1.35. The number of sulfone groups is 1. The second-order valence-corrected chi connectivity index (χ2v) is 10.3. The van der Waals surface area contributed by atoms with Gasteiger partial charge in [-0.05, 0) is 42.3 Å². The van der Waals surface area contributed by atoms with Gasteiger partial charge in [-0.1, -0.05) is 23.7 Å². The van der Waals surface area contributed by atoms with Crippen molar-refractivity contribution in [3.8, 4) is 17.2 Å².